The van der Waals surface area contributed by atoms with Gasteiger partial charge in [-0.25, -0.2) is 0 Å². The van der Waals surface area contributed by atoms with Gasteiger partial charge in [-0.15, -0.1) is 23.2 Å². The lowest BCUT2D eigenvalue weighted by Gasteiger charge is -2.11. The van der Waals surface area contributed by atoms with Crippen LogP contribution in [-0.2, 0) is 4.43 Å². The second-order valence-corrected chi connectivity index (χ2v) is 5.39. The molecule has 0 unspecified atom stereocenters. The van der Waals surface area contributed by atoms with E-state index in [2.05, 4.69) is 6.92 Å². The third-order valence-corrected chi connectivity index (χ3v) is 4.50. The molecule has 4 heteroatoms. The maximum atomic E-state index is 5.61. The van der Waals surface area contributed by atoms with Crippen LogP contribution in [0.1, 0.15) is 13.3 Å². The average molecular weight is 214 g/mol. The second-order valence-electron chi connectivity index (χ2n) is 2.27. The average Bonchev–Trinajstić information content (AvgIpc) is 2.01. The molecule has 0 fully saturated rings. The van der Waals surface area contributed by atoms with Gasteiger partial charge in [0, 0.05) is 18.4 Å². The summed E-state index contributed by atoms with van der Waals surface area (Å²) in [6, 6.07) is 2.03. The summed E-state index contributed by atoms with van der Waals surface area (Å²) in [4.78, 5) is 0. The smallest absolute Gasteiger partial charge is 0.213 e. The van der Waals surface area contributed by atoms with E-state index in [4.69, 9.17) is 27.6 Å². The van der Waals surface area contributed by atoms with Crippen LogP contribution < -0.4 is 0 Å². The number of hydrogen-bond acceptors (Lipinski definition) is 1. The van der Waals surface area contributed by atoms with Crippen molar-refractivity contribution in [3.8, 4) is 0 Å². The first-order valence-corrected chi connectivity index (χ1v) is 6.83. The van der Waals surface area contributed by atoms with Gasteiger partial charge in [0.1, 0.15) is 0 Å². The molecule has 67 valence electrons. The Bertz CT molecular complexity index is 76.8. The monoisotopic (exact) mass is 213 g/mol. The lowest BCUT2D eigenvalue weighted by atomic mass is 10.5. The van der Waals surface area contributed by atoms with Crippen LogP contribution in [0.15, 0.2) is 0 Å². The minimum atomic E-state index is -0.673. The molecule has 0 atom stereocenters. The van der Waals surface area contributed by atoms with Crippen molar-refractivity contribution in [1.29, 1.82) is 0 Å². The summed E-state index contributed by atoms with van der Waals surface area (Å²) < 4.78 is 5.61. The van der Waals surface area contributed by atoms with Crippen LogP contribution in [0.5, 0.6) is 0 Å². The third kappa shape index (κ3) is 7.13. The van der Waals surface area contributed by atoms with Crippen molar-refractivity contribution in [1.82, 2.24) is 0 Å². The SMILES string of the molecule is CCCO[Si](CCCl)CCCl. The fourth-order valence-corrected chi connectivity index (χ4v) is 3.44. The minimum Gasteiger partial charge on any atom is -0.417 e. The summed E-state index contributed by atoms with van der Waals surface area (Å²) in [5.41, 5.74) is 0. The van der Waals surface area contributed by atoms with Gasteiger partial charge < -0.3 is 4.43 Å². The van der Waals surface area contributed by atoms with Crippen LogP contribution in [0.3, 0.4) is 0 Å². The molecule has 11 heavy (non-hydrogen) atoms. The van der Waals surface area contributed by atoms with Crippen LogP contribution in [-0.4, -0.2) is 27.4 Å². The molecule has 0 aromatic heterocycles. The Kier molecular flexibility index (Phi) is 9.46. The first-order chi connectivity index (χ1) is 5.35. The second kappa shape index (κ2) is 8.85. The maximum Gasteiger partial charge on any atom is 0.213 e. The first-order valence-electron chi connectivity index (χ1n) is 3.94. The molecule has 0 aromatic carbocycles. The Morgan fingerprint density at radius 3 is 2.09 bits per heavy atom. The third-order valence-electron chi connectivity index (χ3n) is 1.26. The predicted octanol–water partition coefficient (Wildman–Crippen LogP) is 2.88. The zero-order valence-corrected chi connectivity index (χ0v) is 9.42. The number of rotatable bonds is 7. The highest BCUT2D eigenvalue weighted by Gasteiger charge is 2.10. The highest BCUT2D eigenvalue weighted by atomic mass is 35.5. The summed E-state index contributed by atoms with van der Waals surface area (Å²) in [7, 11) is -0.673. The molecule has 0 aliphatic heterocycles. The van der Waals surface area contributed by atoms with Crippen LogP contribution >= 0.6 is 23.2 Å². The molecule has 0 spiro atoms. The summed E-state index contributed by atoms with van der Waals surface area (Å²) in [5, 5.41) is 0. The van der Waals surface area contributed by atoms with Crippen molar-refractivity contribution in [3.05, 3.63) is 0 Å². The molecule has 1 nitrogen and oxygen atoms in total. The van der Waals surface area contributed by atoms with Crippen LogP contribution in [0.25, 0.3) is 0 Å². The molecule has 0 saturated heterocycles. The summed E-state index contributed by atoms with van der Waals surface area (Å²) >= 11 is 11.2. The molecule has 0 aliphatic carbocycles. The quantitative estimate of drug-likeness (QED) is 0.467. The van der Waals surface area contributed by atoms with E-state index in [0.717, 1.165) is 25.1 Å². The van der Waals surface area contributed by atoms with Gasteiger partial charge in [-0.1, -0.05) is 6.92 Å². The van der Waals surface area contributed by atoms with Gasteiger partial charge in [0.15, 0.2) is 0 Å². The molecule has 0 heterocycles. The largest absolute Gasteiger partial charge is 0.417 e. The number of alkyl halides is 2. The van der Waals surface area contributed by atoms with E-state index in [9.17, 15) is 0 Å². The van der Waals surface area contributed by atoms with Gasteiger partial charge in [-0.2, -0.15) is 0 Å². The zero-order chi connectivity index (χ0) is 8.53. The molecule has 0 aromatic rings. The predicted molar refractivity (Wildman–Crippen MR) is 53.1 cm³/mol. The van der Waals surface area contributed by atoms with E-state index in [1.807, 2.05) is 0 Å². The number of halogens is 2. The lowest BCUT2D eigenvalue weighted by molar-refractivity contribution is 0.319. The Morgan fingerprint density at radius 2 is 1.73 bits per heavy atom. The first kappa shape index (κ1) is 11.8. The van der Waals surface area contributed by atoms with Crippen LogP contribution in [0, 0.1) is 0 Å². The lowest BCUT2D eigenvalue weighted by Crippen LogP contribution is -2.19. The Balaban J connectivity index is 3.34. The van der Waals surface area contributed by atoms with Gasteiger partial charge >= 0.3 is 0 Å². The van der Waals surface area contributed by atoms with Crippen molar-refractivity contribution in [2.45, 2.75) is 25.4 Å². The van der Waals surface area contributed by atoms with E-state index in [1.54, 1.807) is 0 Å². The summed E-state index contributed by atoms with van der Waals surface area (Å²) in [5.74, 6) is 1.41. The fraction of sp³-hybridized carbons (Fsp3) is 1.00. The van der Waals surface area contributed by atoms with Crippen molar-refractivity contribution >= 4 is 32.2 Å². The fourth-order valence-electron chi connectivity index (χ4n) is 0.727. The molecular formula is C7H15Cl2OSi. The van der Waals surface area contributed by atoms with Gasteiger partial charge in [0.2, 0.25) is 9.04 Å². The summed E-state index contributed by atoms with van der Waals surface area (Å²) in [6.45, 7) is 2.98. The highest BCUT2D eigenvalue weighted by Crippen LogP contribution is 2.05. The van der Waals surface area contributed by atoms with Crippen LogP contribution in [0.2, 0.25) is 12.1 Å². The standard InChI is InChI=1S/C7H15Cl2OSi/c1-2-5-10-11(6-3-8)7-4-9/h2-7H2,1H3. The van der Waals surface area contributed by atoms with E-state index in [0.29, 0.717) is 11.8 Å². The van der Waals surface area contributed by atoms with Crippen molar-refractivity contribution in [3.63, 3.8) is 0 Å². The molecule has 0 N–H and O–H groups in total. The molecule has 0 saturated carbocycles. The van der Waals surface area contributed by atoms with Crippen molar-refractivity contribution in [2.75, 3.05) is 18.4 Å². The summed E-state index contributed by atoms with van der Waals surface area (Å²) in [6.07, 6.45) is 1.08. The number of hydrogen-bond donors (Lipinski definition) is 0. The van der Waals surface area contributed by atoms with E-state index in [1.165, 1.54) is 0 Å². The maximum absolute atomic E-state index is 5.61. The topological polar surface area (TPSA) is 9.23 Å². The Labute approximate surface area is 80.7 Å². The van der Waals surface area contributed by atoms with E-state index in [-0.39, 0.29) is 0 Å². The molecule has 0 amide bonds. The van der Waals surface area contributed by atoms with Crippen molar-refractivity contribution in [2.24, 2.45) is 0 Å². The zero-order valence-electron chi connectivity index (χ0n) is 6.91. The molecular weight excluding hydrogens is 199 g/mol. The Morgan fingerprint density at radius 1 is 1.18 bits per heavy atom. The van der Waals surface area contributed by atoms with E-state index < -0.39 is 9.04 Å². The van der Waals surface area contributed by atoms with E-state index >= 15 is 0 Å². The van der Waals surface area contributed by atoms with Gasteiger partial charge in [-0.05, 0) is 18.5 Å². The van der Waals surface area contributed by atoms with Gasteiger partial charge in [0.05, 0.1) is 0 Å². The van der Waals surface area contributed by atoms with Gasteiger partial charge in [-0.3, -0.25) is 0 Å². The highest BCUT2D eigenvalue weighted by molar-refractivity contribution is 6.54. The molecule has 0 bridgehead atoms. The molecule has 0 aliphatic rings. The van der Waals surface area contributed by atoms with Crippen molar-refractivity contribution < 1.29 is 4.43 Å². The minimum absolute atomic E-state index is 0.673. The van der Waals surface area contributed by atoms with Crippen LogP contribution in [0.4, 0.5) is 0 Å². The molecule has 0 rings (SSSR count). The Hall–Kier alpha value is 0.757. The molecule has 1 radical (unpaired) electrons. The van der Waals surface area contributed by atoms with Gasteiger partial charge in [0.25, 0.3) is 0 Å². The normalized spacial score (nSPS) is 10.9.